The monoisotopic (exact) mass is 442 g/mol. The summed E-state index contributed by atoms with van der Waals surface area (Å²) in [5.41, 5.74) is 2.18. The van der Waals surface area contributed by atoms with Gasteiger partial charge in [-0.1, -0.05) is 49.7 Å². The van der Waals surface area contributed by atoms with Crippen LogP contribution in [-0.2, 0) is 10.0 Å². The minimum atomic E-state index is -3.62. The van der Waals surface area contributed by atoms with E-state index in [-0.39, 0.29) is 22.5 Å². The summed E-state index contributed by atoms with van der Waals surface area (Å²) in [6, 6.07) is 13.8. The van der Waals surface area contributed by atoms with Crippen LogP contribution in [0.2, 0.25) is 0 Å². The van der Waals surface area contributed by atoms with Gasteiger partial charge in [-0.25, -0.2) is 8.42 Å². The van der Waals surface area contributed by atoms with Crippen LogP contribution >= 0.6 is 0 Å². The summed E-state index contributed by atoms with van der Waals surface area (Å²) >= 11 is 0. The molecule has 1 fully saturated rings. The van der Waals surface area contributed by atoms with Crippen LogP contribution in [0, 0.1) is 12.8 Å². The highest BCUT2D eigenvalue weighted by atomic mass is 32.2. The van der Waals surface area contributed by atoms with Crippen LogP contribution in [0.4, 0.5) is 0 Å². The summed E-state index contributed by atoms with van der Waals surface area (Å²) in [5, 5.41) is 0. The number of hydrogen-bond donors (Lipinski definition) is 0. The van der Waals surface area contributed by atoms with Crippen molar-refractivity contribution >= 4 is 21.7 Å². The fourth-order valence-corrected chi connectivity index (χ4v) is 5.49. The lowest BCUT2D eigenvalue weighted by Crippen LogP contribution is -2.40. The molecule has 1 saturated heterocycles. The largest absolute Gasteiger partial charge is 0.339 e. The number of ketones is 1. The van der Waals surface area contributed by atoms with E-state index in [0.29, 0.717) is 50.1 Å². The number of piperidine rings is 1. The van der Waals surface area contributed by atoms with Gasteiger partial charge >= 0.3 is 0 Å². The Morgan fingerprint density at radius 1 is 0.968 bits per heavy atom. The zero-order valence-electron chi connectivity index (χ0n) is 18.4. The van der Waals surface area contributed by atoms with Gasteiger partial charge in [-0.05, 0) is 38.0 Å². The summed E-state index contributed by atoms with van der Waals surface area (Å²) in [6.07, 6.45) is 1.21. The van der Waals surface area contributed by atoms with Crippen LogP contribution < -0.4 is 0 Å². The Morgan fingerprint density at radius 3 is 2.16 bits per heavy atom. The highest BCUT2D eigenvalue weighted by Crippen LogP contribution is 2.24. The number of likely N-dealkylation sites (tertiary alicyclic amines) is 1. The molecule has 1 amide bonds. The first-order chi connectivity index (χ1) is 14.8. The van der Waals surface area contributed by atoms with E-state index in [1.165, 1.54) is 16.4 Å². The van der Waals surface area contributed by atoms with Crippen molar-refractivity contribution in [1.29, 1.82) is 0 Å². The minimum Gasteiger partial charge on any atom is -0.339 e. The topological polar surface area (TPSA) is 74.8 Å². The first kappa shape index (κ1) is 23.2. The van der Waals surface area contributed by atoms with Gasteiger partial charge in [-0.2, -0.15) is 4.31 Å². The van der Waals surface area contributed by atoms with Crippen LogP contribution in [0.15, 0.2) is 53.4 Å². The third-order valence-corrected chi connectivity index (χ3v) is 7.96. The molecular weight excluding hydrogens is 412 g/mol. The Kier molecular flexibility index (Phi) is 7.28. The molecule has 2 aromatic carbocycles. The van der Waals surface area contributed by atoms with E-state index in [1.807, 2.05) is 31.2 Å². The van der Waals surface area contributed by atoms with Gasteiger partial charge in [0.05, 0.1) is 4.90 Å². The number of sulfonamides is 1. The smallest absolute Gasteiger partial charge is 0.253 e. The van der Waals surface area contributed by atoms with Gasteiger partial charge in [0.15, 0.2) is 5.78 Å². The molecule has 2 aromatic rings. The molecule has 0 spiro atoms. The Labute approximate surface area is 184 Å². The number of Topliss-reactive ketones (excluding diaryl/α,β-unsaturated/α-hetero) is 1. The molecule has 166 valence electrons. The Hall–Kier alpha value is -2.51. The Balaban J connectivity index is 1.68. The molecule has 3 rings (SSSR count). The van der Waals surface area contributed by atoms with E-state index < -0.39 is 10.0 Å². The molecule has 0 N–H and O–H groups in total. The number of hydrogen-bond acceptors (Lipinski definition) is 4. The van der Waals surface area contributed by atoms with Gasteiger partial charge in [0, 0.05) is 43.2 Å². The summed E-state index contributed by atoms with van der Waals surface area (Å²) in [7, 11) is -3.62. The SMILES string of the molecule is CCN(CC)S(=O)(=O)c1cccc(C(=O)N2CCC(C(=O)c3ccc(C)cc3)CC2)c1. The van der Waals surface area contributed by atoms with E-state index in [2.05, 4.69) is 0 Å². The standard InChI is InChI=1S/C24H30N2O4S/c1-4-26(5-2)31(29,30)22-8-6-7-21(17-22)24(28)25-15-13-20(14-16-25)23(27)19-11-9-18(3)10-12-19/h6-12,17,20H,4-5,13-16H2,1-3H3. The van der Waals surface area contributed by atoms with E-state index in [9.17, 15) is 18.0 Å². The molecule has 0 saturated carbocycles. The van der Waals surface area contributed by atoms with Crippen molar-refractivity contribution in [3.05, 3.63) is 65.2 Å². The molecule has 0 atom stereocenters. The molecule has 0 bridgehead atoms. The lowest BCUT2D eigenvalue weighted by atomic mass is 9.88. The van der Waals surface area contributed by atoms with Gasteiger partial charge in [-0.15, -0.1) is 0 Å². The van der Waals surface area contributed by atoms with Crippen LogP contribution in [0.25, 0.3) is 0 Å². The molecule has 0 unspecified atom stereocenters. The third kappa shape index (κ3) is 5.05. The van der Waals surface area contributed by atoms with Crippen molar-refractivity contribution in [2.24, 2.45) is 5.92 Å². The van der Waals surface area contributed by atoms with Crippen LogP contribution in [0.3, 0.4) is 0 Å². The first-order valence-electron chi connectivity index (χ1n) is 10.8. The first-order valence-corrected chi connectivity index (χ1v) is 12.2. The number of benzene rings is 2. The fraction of sp³-hybridized carbons (Fsp3) is 0.417. The molecular formula is C24H30N2O4S. The number of nitrogens with zero attached hydrogens (tertiary/aromatic N) is 2. The minimum absolute atomic E-state index is 0.0962. The second-order valence-corrected chi connectivity index (χ2v) is 9.85. The quantitative estimate of drug-likeness (QED) is 0.612. The summed E-state index contributed by atoms with van der Waals surface area (Å²) in [6.45, 7) is 7.28. The maximum absolute atomic E-state index is 13.0. The van der Waals surface area contributed by atoms with E-state index >= 15 is 0 Å². The summed E-state index contributed by atoms with van der Waals surface area (Å²) < 4.78 is 26.9. The molecule has 7 heteroatoms. The highest BCUT2D eigenvalue weighted by Gasteiger charge is 2.29. The molecule has 1 heterocycles. The molecule has 0 radical (unpaired) electrons. The molecule has 6 nitrogen and oxygen atoms in total. The number of rotatable bonds is 7. The Morgan fingerprint density at radius 2 is 1.58 bits per heavy atom. The van der Waals surface area contributed by atoms with Crippen molar-refractivity contribution in [2.45, 2.75) is 38.5 Å². The average molecular weight is 443 g/mol. The van der Waals surface area contributed by atoms with Crippen LogP contribution in [-0.4, -0.2) is 55.5 Å². The number of amides is 1. The second kappa shape index (κ2) is 9.75. The van der Waals surface area contributed by atoms with Crippen molar-refractivity contribution < 1.29 is 18.0 Å². The van der Waals surface area contributed by atoms with Crippen molar-refractivity contribution in [2.75, 3.05) is 26.2 Å². The summed E-state index contributed by atoms with van der Waals surface area (Å²) in [5.74, 6) is -0.168. The third-order valence-electron chi connectivity index (χ3n) is 5.91. The van der Waals surface area contributed by atoms with Gasteiger partial charge in [0.1, 0.15) is 0 Å². The van der Waals surface area contributed by atoms with Gasteiger partial charge in [-0.3, -0.25) is 9.59 Å². The van der Waals surface area contributed by atoms with E-state index in [1.54, 1.807) is 30.9 Å². The van der Waals surface area contributed by atoms with Crippen molar-refractivity contribution in [3.63, 3.8) is 0 Å². The van der Waals surface area contributed by atoms with Gasteiger partial charge in [0.2, 0.25) is 10.0 Å². The zero-order chi connectivity index (χ0) is 22.6. The normalized spacial score (nSPS) is 15.3. The van der Waals surface area contributed by atoms with Crippen LogP contribution in [0.1, 0.15) is 53.0 Å². The maximum atomic E-state index is 13.0. The second-order valence-electron chi connectivity index (χ2n) is 7.91. The Bertz CT molecular complexity index is 1040. The number of carbonyl (C=O) groups excluding carboxylic acids is 2. The van der Waals surface area contributed by atoms with Crippen molar-refractivity contribution in [3.8, 4) is 0 Å². The predicted octanol–water partition coefficient (Wildman–Crippen LogP) is 3.76. The molecule has 1 aliphatic heterocycles. The number of aryl methyl sites for hydroxylation is 1. The van der Waals surface area contributed by atoms with E-state index in [4.69, 9.17) is 0 Å². The molecule has 1 aliphatic rings. The van der Waals surface area contributed by atoms with Gasteiger partial charge < -0.3 is 4.90 Å². The lowest BCUT2D eigenvalue weighted by Gasteiger charge is -2.31. The maximum Gasteiger partial charge on any atom is 0.253 e. The molecule has 31 heavy (non-hydrogen) atoms. The number of carbonyl (C=O) groups is 2. The fourth-order valence-electron chi connectivity index (χ4n) is 3.98. The molecule has 0 aliphatic carbocycles. The van der Waals surface area contributed by atoms with Crippen LogP contribution in [0.5, 0.6) is 0 Å². The average Bonchev–Trinajstić information content (AvgIpc) is 2.79. The lowest BCUT2D eigenvalue weighted by molar-refractivity contribution is 0.0650. The summed E-state index contributed by atoms with van der Waals surface area (Å²) in [4.78, 5) is 27.6. The highest BCUT2D eigenvalue weighted by molar-refractivity contribution is 7.89. The van der Waals surface area contributed by atoms with Crippen molar-refractivity contribution in [1.82, 2.24) is 9.21 Å². The van der Waals surface area contributed by atoms with E-state index in [0.717, 1.165) is 5.56 Å². The van der Waals surface area contributed by atoms with Gasteiger partial charge in [0.25, 0.3) is 5.91 Å². The molecule has 0 aromatic heterocycles. The zero-order valence-corrected chi connectivity index (χ0v) is 19.2. The predicted molar refractivity (Wildman–Crippen MR) is 121 cm³/mol.